The van der Waals surface area contributed by atoms with E-state index in [4.69, 9.17) is 0 Å². The highest BCUT2D eigenvalue weighted by atomic mass is 16.3. The predicted octanol–water partition coefficient (Wildman–Crippen LogP) is 3.51. The van der Waals surface area contributed by atoms with Crippen LogP contribution in [0.2, 0.25) is 0 Å². The molecule has 0 aliphatic heterocycles. The molecular weight excluding hydrogens is 256 g/mol. The van der Waals surface area contributed by atoms with Gasteiger partial charge in [-0.2, -0.15) is 4.91 Å². The van der Waals surface area contributed by atoms with Crippen LogP contribution in [0.15, 0.2) is 71.0 Å². The molecule has 0 saturated heterocycles. The van der Waals surface area contributed by atoms with Gasteiger partial charge >= 0.3 is 0 Å². The van der Waals surface area contributed by atoms with Crippen molar-refractivity contribution in [2.75, 3.05) is 0 Å². The maximum absolute atomic E-state index is 12.3. The highest BCUT2D eigenvalue weighted by Gasteiger charge is 2.32. The van der Waals surface area contributed by atoms with Gasteiger partial charge in [-0.25, -0.2) is 0 Å². The minimum Gasteiger partial charge on any atom is -0.291 e. The van der Waals surface area contributed by atoms with Gasteiger partial charge in [0.1, 0.15) is 0 Å². The SMILES string of the molecule is O=NC(C(=O)c1ccccc1)C(N=O)c1ccccc1. The quantitative estimate of drug-likeness (QED) is 0.594. The molecule has 0 aromatic heterocycles. The van der Waals surface area contributed by atoms with Gasteiger partial charge in [-0.3, -0.25) is 4.79 Å². The lowest BCUT2D eigenvalue weighted by molar-refractivity contribution is 0.0950. The Hall–Kier alpha value is -2.69. The van der Waals surface area contributed by atoms with E-state index in [0.29, 0.717) is 11.1 Å². The summed E-state index contributed by atoms with van der Waals surface area (Å²) in [5, 5.41) is 5.73. The van der Waals surface area contributed by atoms with Gasteiger partial charge in [0, 0.05) is 5.56 Å². The van der Waals surface area contributed by atoms with Gasteiger partial charge in [-0.05, 0) is 5.56 Å². The molecule has 5 heteroatoms. The Kier molecular flexibility index (Phi) is 4.44. The zero-order valence-corrected chi connectivity index (χ0v) is 10.5. The number of nitrogens with zero attached hydrogens (tertiary/aromatic N) is 2. The fourth-order valence-corrected chi connectivity index (χ4v) is 1.97. The van der Waals surface area contributed by atoms with Gasteiger partial charge in [0.15, 0.2) is 17.9 Å². The number of ketones is 1. The van der Waals surface area contributed by atoms with Gasteiger partial charge in [-0.15, -0.1) is 4.91 Å². The second-order valence-electron chi connectivity index (χ2n) is 4.24. The third-order valence-electron chi connectivity index (χ3n) is 2.99. The van der Waals surface area contributed by atoms with Crippen molar-refractivity contribution < 1.29 is 4.79 Å². The van der Waals surface area contributed by atoms with Crippen LogP contribution in [0.1, 0.15) is 22.0 Å². The Morgan fingerprint density at radius 1 is 0.800 bits per heavy atom. The van der Waals surface area contributed by atoms with Crippen LogP contribution in [0.25, 0.3) is 0 Å². The van der Waals surface area contributed by atoms with Crippen LogP contribution in [-0.4, -0.2) is 11.8 Å². The molecule has 0 amide bonds. The summed E-state index contributed by atoms with van der Waals surface area (Å²) in [6.07, 6.45) is 0. The minimum absolute atomic E-state index is 0.335. The van der Waals surface area contributed by atoms with Crippen molar-refractivity contribution in [3.63, 3.8) is 0 Å². The molecule has 20 heavy (non-hydrogen) atoms. The van der Waals surface area contributed by atoms with E-state index in [1.165, 1.54) is 0 Å². The molecule has 2 aromatic carbocycles. The first-order valence-electron chi connectivity index (χ1n) is 6.07. The van der Waals surface area contributed by atoms with E-state index in [-0.39, 0.29) is 0 Å². The van der Waals surface area contributed by atoms with Crippen LogP contribution in [0.5, 0.6) is 0 Å². The third kappa shape index (κ3) is 2.83. The lowest BCUT2D eigenvalue weighted by Crippen LogP contribution is -2.25. The molecule has 0 fully saturated rings. The molecule has 100 valence electrons. The third-order valence-corrected chi connectivity index (χ3v) is 2.99. The number of hydrogen-bond donors (Lipinski definition) is 0. The number of benzene rings is 2. The van der Waals surface area contributed by atoms with Crippen molar-refractivity contribution in [2.45, 2.75) is 12.1 Å². The molecule has 0 radical (unpaired) electrons. The van der Waals surface area contributed by atoms with E-state index in [1.54, 1.807) is 60.7 Å². The topological polar surface area (TPSA) is 75.9 Å². The van der Waals surface area contributed by atoms with Crippen molar-refractivity contribution in [2.24, 2.45) is 10.4 Å². The maximum Gasteiger partial charge on any atom is 0.193 e. The summed E-state index contributed by atoms with van der Waals surface area (Å²) in [6.45, 7) is 0. The lowest BCUT2D eigenvalue weighted by Gasteiger charge is -2.14. The van der Waals surface area contributed by atoms with Crippen LogP contribution < -0.4 is 0 Å². The number of nitroso groups, excluding NO2 is 2. The lowest BCUT2D eigenvalue weighted by atomic mass is 9.94. The molecule has 0 spiro atoms. The number of rotatable bonds is 6. The molecule has 2 rings (SSSR count). The largest absolute Gasteiger partial charge is 0.291 e. The Morgan fingerprint density at radius 3 is 1.85 bits per heavy atom. The van der Waals surface area contributed by atoms with E-state index in [9.17, 15) is 14.6 Å². The summed E-state index contributed by atoms with van der Waals surface area (Å²) in [6, 6.07) is 14.3. The van der Waals surface area contributed by atoms with E-state index in [2.05, 4.69) is 10.4 Å². The molecule has 0 N–H and O–H groups in total. The summed E-state index contributed by atoms with van der Waals surface area (Å²) in [7, 11) is 0. The molecule has 2 aromatic rings. The van der Waals surface area contributed by atoms with Gasteiger partial charge < -0.3 is 0 Å². The van der Waals surface area contributed by atoms with Gasteiger partial charge in [-0.1, -0.05) is 71.0 Å². The van der Waals surface area contributed by atoms with E-state index in [0.717, 1.165) is 0 Å². The van der Waals surface area contributed by atoms with Gasteiger partial charge in [0.2, 0.25) is 0 Å². The Labute approximate surface area is 115 Å². The summed E-state index contributed by atoms with van der Waals surface area (Å²) in [5.74, 6) is -0.506. The fourth-order valence-electron chi connectivity index (χ4n) is 1.97. The Morgan fingerprint density at radius 2 is 1.35 bits per heavy atom. The molecule has 5 nitrogen and oxygen atoms in total. The average molecular weight is 268 g/mol. The normalized spacial score (nSPS) is 13.2. The van der Waals surface area contributed by atoms with Crippen LogP contribution in [0, 0.1) is 9.81 Å². The summed E-state index contributed by atoms with van der Waals surface area (Å²) >= 11 is 0. The van der Waals surface area contributed by atoms with E-state index < -0.39 is 17.9 Å². The first kappa shape index (κ1) is 13.7. The molecule has 2 atom stereocenters. The number of hydrogen-bond acceptors (Lipinski definition) is 5. The van der Waals surface area contributed by atoms with Crippen LogP contribution in [-0.2, 0) is 0 Å². The average Bonchev–Trinajstić information content (AvgIpc) is 2.53. The maximum atomic E-state index is 12.3. The number of carbonyl (C=O) groups is 1. The molecular formula is C15H12N2O3. The van der Waals surface area contributed by atoms with E-state index in [1.807, 2.05) is 0 Å². The summed E-state index contributed by atoms with van der Waals surface area (Å²) in [5.41, 5.74) is 0.832. The first-order chi connectivity index (χ1) is 9.77. The van der Waals surface area contributed by atoms with Crippen molar-refractivity contribution in [1.82, 2.24) is 0 Å². The Bertz CT molecular complexity index is 599. The monoisotopic (exact) mass is 268 g/mol. The molecule has 0 bridgehead atoms. The zero-order chi connectivity index (χ0) is 14.4. The van der Waals surface area contributed by atoms with Crippen molar-refractivity contribution in [1.29, 1.82) is 0 Å². The van der Waals surface area contributed by atoms with Crippen LogP contribution in [0.3, 0.4) is 0 Å². The Balaban J connectivity index is 2.33. The summed E-state index contributed by atoms with van der Waals surface area (Å²) < 4.78 is 0. The molecule has 0 saturated carbocycles. The predicted molar refractivity (Wildman–Crippen MR) is 75.3 cm³/mol. The second-order valence-corrected chi connectivity index (χ2v) is 4.24. The standard InChI is InChI=1S/C15H12N2O3/c18-15(12-9-5-2-6-10-12)14(17-20)13(16-19)11-7-3-1-4-8-11/h1-10,13-14H. The number of Topliss-reactive ketones (excluding diaryl/α,β-unsaturated/α-hetero) is 1. The van der Waals surface area contributed by atoms with Gasteiger partial charge in [0.25, 0.3) is 0 Å². The highest BCUT2D eigenvalue weighted by Crippen LogP contribution is 2.25. The molecule has 0 heterocycles. The zero-order valence-electron chi connectivity index (χ0n) is 10.5. The smallest absolute Gasteiger partial charge is 0.193 e. The molecule has 0 aliphatic rings. The van der Waals surface area contributed by atoms with Crippen molar-refractivity contribution in [3.05, 3.63) is 81.6 Å². The van der Waals surface area contributed by atoms with Crippen molar-refractivity contribution >= 4 is 5.78 Å². The molecule has 0 aliphatic carbocycles. The number of carbonyl (C=O) groups excluding carboxylic acids is 1. The second kappa shape index (κ2) is 6.47. The van der Waals surface area contributed by atoms with Crippen molar-refractivity contribution in [3.8, 4) is 0 Å². The molecule has 2 unspecified atom stereocenters. The van der Waals surface area contributed by atoms with Gasteiger partial charge in [0.05, 0.1) is 0 Å². The first-order valence-corrected chi connectivity index (χ1v) is 6.07. The fraction of sp³-hybridized carbons (Fsp3) is 0.133. The van der Waals surface area contributed by atoms with E-state index >= 15 is 0 Å². The minimum atomic E-state index is -1.35. The van der Waals surface area contributed by atoms with Crippen LogP contribution >= 0.6 is 0 Å². The van der Waals surface area contributed by atoms with Crippen LogP contribution in [0.4, 0.5) is 0 Å². The highest BCUT2D eigenvalue weighted by molar-refractivity contribution is 6.00. The summed E-state index contributed by atoms with van der Waals surface area (Å²) in [4.78, 5) is 34.3.